The van der Waals surface area contributed by atoms with Gasteiger partial charge in [0.05, 0.1) is 0 Å². The minimum Gasteiger partial charge on any atom is -0.341 e. The van der Waals surface area contributed by atoms with Crippen LogP contribution in [0.5, 0.6) is 0 Å². The van der Waals surface area contributed by atoms with Crippen molar-refractivity contribution in [1.82, 2.24) is 9.80 Å². The van der Waals surface area contributed by atoms with Gasteiger partial charge in [-0.25, -0.2) is 0 Å². The number of likely N-dealkylation sites (N-methyl/N-ethyl adjacent to an activating group) is 1. The molecule has 2 aliphatic rings. The van der Waals surface area contributed by atoms with Gasteiger partial charge in [-0.15, -0.1) is 0 Å². The van der Waals surface area contributed by atoms with Crippen LogP contribution < -0.4 is 0 Å². The lowest BCUT2D eigenvalue weighted by Crippen LogP contribution is -2.47. The van der Waals surface area contributed by atoms with E-state index < -0.39 is 0 Å². The number of carbonyl (C=O) groups excluding carboxylic acids is 2. The van der Waals surface area contributed by atoms with E-state index in [1.54, 1.807) is 11.9 Å². The van der Waals surface area contributed by atoms with Crippen LogP contribution >= 0.6 is 0 Å². The molecule has 1 atom stereocenters. The van der Waals surface area contributed by atoms with Crippen molar-refractivity contribution in [3.05, 3.63) is 0 Å². The minimum atomic E-state index is -0.201. The number of nitrogens with zero attached hydrogens (tertiary/aromatic N) is 2. The maximum atomic E-state index is 12.2. The third-order valence-electron chi connectivity index (χ3n) is 3.68. The Morgan fingerprint density at radius 3 is 2.56 bits per heavy atom. The molecule has 4 heteroatoms. The number of hydrogen-bond acceptors (Lipinski definition) is 2. The van der Waals surface area contributed by atoms with Crippen molar-refractivity contribution in [1.29, 1.82) is 0 Å². The average molecular weight is 224 g/mol. The highest BCUT2D eigenvalue weighted by Crippen LogP contribution is 2.20. The first kappa shape index (κ1) is 11.4. The maximum absolute atomic E-state index is 12.2. The lowest BCUT2D eigenvalue weighted by molar-refractivity contribution is -0.143. The number of likely N-dealkylation sites (tertiary alicyclic amines) is 2. The highest BCUT2D eigenvalue weighted by molar-refractivity contribution is 5.88. The Labute approximate surface area is 96.6 Å². The van der Waals surface area contributed by atoms with Gasteiger partial charge in [-0.3, -0.25) is 9.59 Å². The Balaban J connectivity index is 2.05. The number of hydrogen-bond donors (Lipinski definition) is 0. The average Bonchev–Trinajstić information content (AvgIpc) is 2.75. The van der Waals surface area contributed by atoms with E-state index in [1.165, 1.54) is 0 Å². The van der Waals surface area contributed by atoms with E-state index in [0.29, 0.717) is 6.42 Å². The van der Waals surface area contributed by atoms with Crippen LogP contribution in [0.15, 0.2) is 0 Å². The molecule has 0 spiro atoms. The second-order valence-corrected chi connectivity index (χ2v) is 4.80. The van der Waals surface area contributed by atoms with Crippen molar-refractivity contribution in [2.24, 2.45) is 0 Å². The molecule has 16 heavy (non-hydrogen) atoms. The van der Waals surface area contributed by atoms with Crippen LogP contribution in [0.2, 0.25) is 0 Å². The number of rotatable bonds is 1. The summed E-state index contributed by atoms with van der Waals surface area (Å²) in [6.07, 6.45) is 5.55. The molecule has 2 heterocycles. The summed E-state index contributed by atoms with van der Waals surface area (Å²) in [6.45, 7) is 1.74. The second kappa shape index (κ2) is 4.85. The smallest absolute Gasteiger partial charge is 0.245 e. The summed E-state index contributed by atoms with van der Waals surface area (Å²) in [6, 6.07) is -0.201. The van der Waals surface area contributed by atoms with E-state index >= 15 is 0 Å². The summed E-state index contributed by atoms with van der Waals surface area (Å²) in [5.41, 5.74) is 0. The van der Waals surface area contributed by atoms with Gasteiger partial charge in [-0.2, -0.15) is 0 Å². The van der Waals surface area contributed by atoms with Gasteiger partial charge in [0.1, 0.15) is 6.04 Å². The highest BCUT2D eigenvalue weighted by atomic mass is 16.2. The summed E-state index contributed by atoms with van der Waals surface area (Å²) < 4.78 is 0. The van der Waals surface area contributed by atoms with Crippen LogP contribution in [0, 0.1) is 0 Å². The van der Waals surface area contributed by atoms with E-state index in [4.69, 9.17) is 0 Å². The molecule has 2 aliphatic heterocycles. The molecule has 0 aromatic rings. The van der Waals surface area contributed by atoms with Gasteiger partial charge in [0.15, 0.2) is 0 Å². The van der Waals surface area contributed by atoms with Crippen LogP contribution in [0.25, 0.3) is 0 Å². The summed E-state index contributed by atoms with van der Waals surface area (Å²) in [5.74, 6) is 0.283. The van der Waals surface area contributed by atoms with Crippen LogP contribution in [0.4, 0.5) is 0 Å². The lowest BCUT2D eigenvalue weighted by atomic mass is 10.1. The first-order valence-corrected chi connectivity index (χ1v) is 6.24. The molecular formula is C12H20N2O2. The second-order valence-electron chi connectivity index (χ2n) is 4.80. The third kappa shape index (κ3) is 2.20. The highest BCUT2D eigenvalue weighted by Gasteiger charge is 2.32. The Morgan fingerprint density at radius 1 is 1.19 bits per heavy atom. The maximum Gasteiger partial charge on any atom is 0.245 e. The normalized spacial score (nSPS) is 27.1. The summed E-state index contributed by atoms with van der Waals surface area (Å²) >= 11 is 0. The van der Waals surface area contributed by atoms with Gasteiger partial charge in [0.2, 0.25) is 11.8 Å². The number of carbonyl (C=O) groups is 2. The zero-order valence-corrected chi connectivity index (χ0v) is 9.95. The molecule has 2 saturated heterocycles. The Bertz CT molecular complexity index is 285. The first-order chi connectivity index (χ1) is 7.70. The summed E-state index contributed by atoms with van der Waals surface area (Å²) in [4.78, 5) is 27.5. The van der Waals surface area contributed by atoms with Crippen molar-refractivity contribution in [3.63, 3.8) is 0 Å². The molecule has 4 nitrogen and oxygen atoms in total. The third-order valence-corrected chi connectivity index (χ3v) is 3.68. The molecule has 2 fully saturated rings. The van der Waals surface area contributed by atoms with Crippen LogP contribution in [0.1, 0.15) is 38.5 Å². The molecule has 0 aromatic heterocycles. The number of amides is 2. The largest absolute Gasteiger partial charge is 0.341 e. The lowest BCUT2D eigenvalue weighted by Gasteiger charge is -2.29. The zero-order valence-electron chi connectivity index (χ0n) is 9.95. The van der Waals surface area contributed by atoms with Crippen molar-refractivity contribution < 1.29 is 9.59 Å². The van der Waals surface area contributed by atoms with Crippen LogP contribution in [-0.2, 0) is 9.59 Å². The Kier molecular flexibility index (Phi) is 3.46. The predicted octanol–water partition coefficient (Wildman–Crippen LogP) is 1.01. The molecule has 0 aromatic carbocycles. The van der Waals surface area contributed by atoms with E-state index in [2.05, 4.69) is 0 Å². The Hall–Kier alpha value is -1.06. The van der Waals surface area contributed by atoms with Gasteiger partial charge in [-0.1, -0.05) is 6.42 Å². The quantitative estimate of drug-likeness (QED) is 0.667. The molecule has 0 aliphatic carbocycles. The molecule has 0 saturated carbocycles. The minimum absolute atomic E-state index is 0.120. The standard InChI is InChI=1S/C12H20N2O2/c1-13-10(6-2-3-7-11(13)15)12(16)14-8-4-5-9-14/h10H,2-9H2,1H3. The fraction of sp³-hybridized carbons (Fsp3) is 0.833. The van der Waals surface area contributed by atoms with Crippen molar-refractivity contribution in [3.8, 4) is 0 Å². The molecule has 2 rings (SSSR count). The molecule has 90 valence electrons. The molecule has 0 bridgehead atoms. The first-order valence-electron chi connectivity index (χ1n) is 6.24. The fourth-order valence-corrected chi connectivity index (χ4v) is 2.60. The SMILES string of the molecule is CN1C(=O)CCCCC1C(=O)N1CCCC1. The van der Waals surface area contributed by atoms with Crippen molar-refractivity contribution in [2.45, 2.75) is 44.6 Å². The fourth-order valence-electron chi connectivity index (χ4n) is 2.60. The molecule has 0 N–H and O–H groups in total. The van der Waals surface area contributed by atoms with Gasteiger partial charge < -0.3 is 9.80 Å². The van der Waals surface area contributed by atoms with E-state index in [1.807, 2.05) is 4.90 Å². The van der Waals surface area contributed by atoms with Crippen LogP contribution in [0.3, 0.4) is 0 Å². The predicted molar refractivity (Wildman–Crippen MR) is 60.8 cm³/mol. The van der Waals surface area contributed by atoms with E-state index in [0.717, 1.165) is 45.2 Å². The molecular weight excluding hydrogens is 204 g/mol. The summed E-state index contributed by atoms with van der Waals surface area (Å²) in [7, 11) is 1.77. The van der Waals surface area contributed by atoms with Gasteiger partial charge in [-0.05, 0) is 25.7 Å². The Morgan fingerprint density at radius 2 is 1.88 bits per heavy atom. The molecule has 1 unspecified atom stereocenters. The van der Waals surface area contributed by atoms with E-state index in [-0.39, 0.29) is 17.9 Å². The molecule has 2 amide bonds. The monoisotopic (exact) mass is 224 g/mol. The van der Waals surface area contributed by atoms with Crippen molar-refractivity contribution in [2.75, 3.05) is 20.1 Å². The van der Waals surface area contributed by atoms with E-state index in [9.17, 15) is 9.59 Å². The van der Waals surface area contributed by atoms with Gasteiger partial charge >= 0.3 is 0 Å². The van der Waals surface area contributed by atoms with Crippen LogP contribution in [-0.4, -0.2) is 47.8 Å². The van der Waals surface area contributed by atoms with Crippen molar-refractivity contribution >= 4 is 11.8 Å². The summed E-state index contributed by atoms with van der Waals surface area (Å²) in [5, 5.41) is 0. The van der Waals surface area contributed by atoms with Gasteiger partial charge in [0.25, 0.3) is 0 Å². The zero-order chi connectivity index (χ0) is 11.5. The van der Waals surface area contributed by atoms with Gasteiger partial charge in [0, 0.05) is 26.6 Å². The molecule has 0 radical (unpaired) electrons. The topological polar surface area (TPSA) is 40.6 Å².